The van der Waals surface area contributed by atoms with E-state index in [1.165, 1.54) is 0 Å². The lowest BCUT2D eigenvalue weighted by atomic mass is 10.0. The van der Waals surface area contributed by atoms with Crippen LogP contribution in [-0.2, 0) is 23.0 Å². The molecule has 0 radical (unpaired) electrons. The summed E-state index contributed by atoms with van der Waals surface area (Å²) in [5.41, 5.74) is 2.99. The Morgan fingerprint density at radius 3 is 2.57 bits per heavy atom. The Hall–Kier alpha value is -2.67. The van der Waals surface area contributed by atoms with Crippen LogP contribution in [0, 0.1) is 0 Å². The Bertz CT molecular complexity index is 1180. The predicted octanol–water partition coefficient (Wildman–Crippen LogP) is 4.41. The van der Waals surface area contributed by atoms with Crippen LogP contribution in [0.2, 0.25) is 5.02 Å². The molecule has 7 heteroatoms. The van der Waals surface area contributed by atoms with Gasteiger partial charge in [-0.3, -0.25) is 4.79 Å². The van der Waals surface area contributed by atoms with Crippen LogP contribution in [0.25, 0.3) is 0 Å². The first kappa shape index (κ1) is 20.6. The van der Waals surface area contributed by atoms with Gasteiger partial charge in [-0.2, -0.15) is 0 Å². The molecular weight excluding hydrogens is 420 g/mol. The molecule has 3 aromatic carbocycles. The highest BCUT2D eigenvalue weighted by Crippen LogP contribution is 2.31. The van der Waals surface area contributed by atoms with Gasteiger partial charge in [0.25, 0.3) is 5.91 Å². The van der Waals surface area contributed by atoms with Crippen molar-refractivity contribution in [1.82, 2.24) is 4.72 Å². The van der Waals surface area contributed by atoms with Gasteiger partial charge in [-0.1, -0.05) is 48.0 Å². The van der Waals surface area contributed by atoms with Crippen molar-refractivity contribution >= 4 is 33.2 Å². The number of sulfonamides is 1. The highest BCUT2D eigenvalue weighted by molar-refractivity contribution is 7.89. The van der Waals surface area contributed by atoms with Crippen LogP contribution in [0.5, 0.6) is 0 Å². The van der Waals surface area contributed by atoms with E-state index in [9.17, 15) is 13.2 Å². The van der Waals surface area contributed by atoms with Gasteiger partial charge in [0, 0.05) is 29.4 Å². The number of nitrogens with zero attached hydrogens (tertiary/aromatic N) is 1. The fraction of sp³-hybridized carbons (Fsp3) is 0.174. The van der Waals surface area contributed by atoms with Crippen molar-refractivity contribution < 1.29 is 13.2 Å². The van der Waals surface area contributed by atoms with Crippen molar-refractivity contribution in [2.45, 2.75) is 24.3 Å². The third kappa shape index (κ3) is 4.41. The average Bonchev–Trinajstić information content (AvgIpc) is 2.77. The standard InChI is InChI=1S/C23H21ClN2O3S/c24-20-10-4-8-19(14-20)23(27)26-13-5-9-18-15-21(11-12-22(18)26)30(28,29)25-16-17-6-2-1-3-7-17/h1-4,6-8,10-12,14-15,25H,5,9,13,16H2. The van der Waals surface area contributed by atoms with Crippen molar-refractivity contribution in [3.8, 4) is 0 Å². The number of anilines is 1. The molecule has 0 fully saturated rings. The quantitative estimate of drug-likeness (QED) is 0.639. The Balaban J connectivity index is 1.57. The molecule has 0 saturated heterocycles. The first-order valence-corrected chi connectivity index (χ1v) is 11.5. The van der Waals surface area contributed by atoms with Crippen molar-refractivity contribution in [3.63, 3.8) is 0 Å². The zero-order chi connectivity index (χ0) is 21.1. The van der Waals surface area contributed by atoms with Crippen LogP contribution in [0.1, 0.15) is 27.9 Å². The third-order valence-electron chi connectivity index (χ3n) is 5.11. The molecule has 0 aliphatic carbocycles. The maximum Gasteiger partial charge on any atom is 0.258 e. The molecule has 1 N–H and O–H groups in total. The molecule has 1 aliphatic heterocycles. The van der Waals surface area contributed by atoms with Crippen LogP contribution >= 0.6 is 11.6 Å². The van der Waals surface area contributed by atoms with Gasteiger partial charge in [-0.05, 0) is 60.4 Å². The minimum atomic E-state index is -3.66. The van der Waals surface area contributed by atoms with Crippen molar-refractivity contribution in [2.75, 3.05) is 11.4 Å². The number of hydrogen-bond acceptors (Lipinski definition) is 3. The fourth-order valence-corrected chi connectivity index (χ4v) is 4.84. The van der Waals surface area contributed by atoms with Crippen molar-refractivity contribution in [2.24, 2.45) is 0 Å². The number of aryl methyl sites for hydroxylation is 1. The molecular formula is C23H21ClN2O3S. The molecule has 0 saturated carbocycles. The number of fused-ring (bicyclic) bond motifs is 1. The van der Waals surface area contributed by atoms with E-state index < -0.39 is 10.0 Å². The lowest BCUT2D eigenvalue weighted by Crippen LogP contribution is -2.35. The Kier molecular flexibility index (Phi) is 5.90. The van der Waals surface area contributed by atoms with E-state index in [1.807, 2.05) is 30.3 Å². The van der Waals surface area contributed by atoms with Gasteiger partial charge in [-0.25, -0.2) is 13.1 Å². The molecule has 30 heavy (non-hydrogen) atoms. The summed E-state index contributed by atoms with van der Waals surface area (Å²) in [5.74, 6) is -0.142. The predicted molar refractivity (Wildman–Crippen MR) is 118 cm³/mol. The maximum atomic E-state index is 13.0. The lowest BCUT2D eigenvalue weighted by molar-refractivity contribution is 0.0985. The summed E-state index contributed by atoms with van der Waals surface area (Å²) < 4.78 is 28.2. The van der Waals surface area contributed by atoms with Crippen LogP contribution in [0.4, 0.5) is 5.69 Å². The minimum Gasteiger partial charge on any atom is -0.308 e. The van der Waals surface area contributed by atoms with Gasteiger partial charge in [-0.15, -0.1) is 0 Å². The van der Waals surface area contributed by atoms with E-state index in [2.05, 4.69) is 4.72 Å². The lowest BCUT2D eigenvalue weighted by Gasteiger charge is -2.30. The second-order valence-electron chi connectivity index (χ2n) is 7.17. The number of amides is 1. The number of hydrogen-bond donors (Lipinski definition) is 1. The van der Waals surface area contributed by atoms with Crippen LogP contribution < -0.4 is 9.62 Å². The number of nitrogens with one attached hydrogen (secondary N) is 1. The van der Waals surface area contributed by atoms with Gasteiger partial charge >= 0.3 is 0 Å². The van der Waals surface area contributed by atoms with E-state index >= 15 is 0 Å². The Morgan fingerprint density at radius 1 is 1.00 bits per heavy atom. The second-order valence-corrected chi connectivity index (χ2v) is 9.37. The number of carbonyl (C=O) groups is 1. The first-order valence-electron chi connectivity index (χ1n) is 9.68. The highest BCUT2D eigenvalue weighted by Gasteiger charge is 2.25. The summed E-state index contributed by atoms with van der Waals surface area (Å²) in [4.78, 5) is 14.9. The van der Waals surface area contributed by atoms with Gasteiger partial charge < -0.3 is 4.90 Å². The summed E-state index contributed by atoms with van der Waals surface area (Å²) in [6, 6.07) is 21.1. The Labute approximate surface area is 181 Å². The summed E-state index contributed by atoms with van der Waals surface area (Å²) in [6.07, 6.45) is 1.48. The van der Waals surface area contributed by atoms with Gasteiger partial charge in [0.05, 0.1) is 4.90 Å². The molecule has 0 aromatic heterocycles. The van der Waals surface area contributed by atoms with E-state index in [0.717, 1.165) is 29.7 Å². The van der Waals surface area contributed by atoms with E-state index in [4.69, 9.17) is 11.6 Å². The summed E-state index contributed by atoms with van der Waals surface area (Å²) in [7, 11) is -3.66. The molecule has 154 valence electrons. The molecule has 5 nitrogen and oxygen atoms in total. The van der Waals surface area contributed by atoms with Crippen LogP contribution in [0.3, 0.4) is 0 Å². The molecule has 4 rings (SSSR count). The minimum absolute atomic E-state index is 0.142. The van der Waals surface area contributed by atoms with E-state index in [1.54, 1.807) is 47.4 Å². The van der Waals surface area contributed by atoms with Gasteiger partial charge in [0.1, 0.15) is 0 Å². The molecule has 1 heterocycles. The van der Waals surface area contributed by atoms with Crippen molar-refractivity contribution in [3.05, 3.63) is 94.5 Å². The molecule has 0 bridgehead atoms. The SMILES string of the molecule is O=C(c1cccc(Cl)c1)N1CCCc2cc(S(=O)(=O)NCc3ccccc3)ccc21. The van der Waals surface area contributed by atoms with Gasteiger partial charge in [0.15, 0.2) is 0 Å². The third-order valence-corrected chi connectivity index (χ3v) is 6.74. The van der Waals surface area contributed by atoms with Gasteiger partial charge in [0.2, 0.25) is 10.0 Å². The number of rotatable bonds is 5. The van der Waals surface area contributed by atoms with E-state index in [-0.39, 0.29) is 17.3 Å². The first-order chi connectivity index (χ1) is 14.4. The summed E-state index contributed by atoms with van der Waals surface area (Å²) in [6.45, 7) is 0.802. The zero-order valence-electron chi connectivity index (χ0n) is 16.2. The molecule has 3 aromatic rings. The summed E-state index contributed by atoms with van der Waals surface area (Å²) in [5, 5.41) is 0.504. The molecule has 0 atom stereocenters. The van der Waals surface area contributed by atoms with E-state index in [0.29, 0.717) is 17.1 Å². The smallest absolute Gasteiger partial charge is 0.258 e. The summed E-state index contributed by atoms with van der Waals surface area (Å²) >= 11 is 6.03. The zero-order valence-corrected chi connectivity index (χ0v) is 17.8. The fourth-order valence-electron chi connectivity index (χ4n) is 3.59. The monoisotopic (exact) mass is 440 g/mol. The molecule has 0 unspecified atom stereocenters. The molecule has 1 amide bonds. The van der Waals surface area contributed by atoms with Crippen LogP contribution in [0.15, 0.2) is 77.7 Å². The highest BCUT2D eigenvalue weighted by atomic mass is 35.5. The van der Waals surface area contributed by atoms with Crippen LogP contribution in [-0.4, -0.2) is 20.9 Å². The number of benzene rings is 3. The number of carbonyl (C=O) groups excluding carboxylic acids is 1. The Morgan fingerprint density at radius 2 is 1.80 bits per heavy atom. The topological polar surface area (TPSA) is 66.5 Å². The van der Waals surface area contributed by atoms with Crippen molar-refractivity contribution in [1.29, 1.82) is 0 Å². The average molecular weight is 441 g/mol. The molecule has 0 spiro atoms. The second kappa shape index (κ2) is 8.60. The normalized spacial score (nSPS) is 13.7. The number of halogens is 1. The maximum absolute atomic E-state index is 13.0. The molecule has 1 aliphatic rings. The largest absolute Gasteiger partial charge is 0.308 e.